The topological polar surface area (TPSA) is 83.0 Å². The van der Waals surface area contributed by atoms with Crippen LogP contribution in [-0.4, -0.2) is 25.7 Å². The Hall–Kier alpha value is -3.76. The number of imidazole rings is 1. The molecule has 4 aromatic rings. The van der Waals surface area contributed by atoms with Gasteiger partial charge in [-0.3, -0.25) is 4.79 Å². The Kier molecular flexibility index (Phi) is 4.94. The van der Waals surface area contributed by atoms with Crippen molar-refractivity contribution in [2.75, 3.05) is 0 Å². The molecule has 0 amide bonds. The summed E-state index contributed by atoms with van der Waals surface area (Å²) in [6, 6.07) is 11.3. The molecule has 2 aromatic carbocycles. The maximum absolute atomic E-state index is 13.3. The summed E-state index contributed by atoms with van der Waals surface area (Å²) in [5.74, 6) is -2.47. The average molecular weight is 420 g/mol. The van der Waals surface area contributed by atoms with Crippen LogP contribution in [0.4, 0.5) is 17.6 Å². The minimum Gasteiger partial charge on any atom is -0.454 e. The minimum absolute atomic E-state index is 0.0609. The van der Waals surface area contributed by atoms with Crippen LogP contribution in [0.1, 0.15) is 11.7 Å². The second-order valence-electron chi connectivity index (χ2n) is 6.19. The van der Waals surface area contributed by atoms with Gasteiger partial charge >= 0.3 is 12.1 Å². The molecule has 0 saturated carbocycles. The largest absolute Gasteiger partial charge is 0.454 e. The van der Waals surface area contributed by atoms with Crippen LogP contribution < -0.4 is 0 Å². The van der Waals surface area contributed by atoms with Crippen LogP contribution in [-0.2, 0) is 28.9 Å². The summed E-state index contributed by atoms with van der Waals surface area (Å²) in [6.07, 6.45) is -4.74. The van der Waals surface area contributed by atoms with E-state index in [-0.39, 0.29) is 22.7 Å². The Labute approximate surface area is 165 Å². The van der Waals surface area contributed by atoms with E-state index in [2.05, 4.69) is 15.1 Å². The van der Waals surface area contributed by atoms with Gasteiger partial charge in [-0.05, 0) is 36.4 Å². The number of nitrogens with zero attached hydrogens (tertiary/aromatic N) is 4. The van der Waals surface area contributed by atoms with E-state index >= 15 is 0 Å². The highest BCUT2D eigenvalue weighted by atomic mass is 19.4. The van der Waals surface area contributed by atoms with Crippen molar-refractivity contribution < 1.29 is 31.6 Å². The molecule has 30 heavy (non-hydrogen) atoms. The van der Waals surface area contributed by atoms with Crippen LogP contribution in [0.3, 0.4) is 0 Å². The number of alkyl halides is 3. The quantitative estimate of drug-likeness (QED) is 0.359. The number of aromatic nitrogens is 4. The van der Waals surface area contributed by atoms with Crippen molar-refractivity contribution in [1.29, 1.82) is 0 Å². The summed E-state index contributed by atoms with van der Waals surface area (Å²) in [5, 5.41) is 3.69. The number of rotatable bonds is 5. The lowest BCUT2D eigenvalue weighted by atomic mass is 10.2. The number of halogens is 4. The van der Waals surface area contributed by atoms with Crippen molar-refractivity contribution in [1.82, 2.24) is 19.7 Å². The molecule has 0 saturated heterocycles. The van der Waals surface area contributed by atoms with Crippen LogP contribution in [0, 0.1) is 5.82 Å². The maximum Gasteiger partial charge on any atom is 0.449 e. The first kappa shape index (κ1) is 19.6. The van der Waals surface area contributed by atoms with E-state index in [9.17, 15) is 22.4 Å². The molecule has 7 nitrogen and oxygen atoms in total. The lowest BCUT2D eigenvalue weighted by Crippen LogP contribution is -2.20. The van der Waals surface area contributed by atoms with E-state index in [1.165, 1.54) is 36.4 Å². The van der Waals surface area contributed by atoms with Gasteiger partial charge in [0.05, 0.1) is 11.0 Å². The molecule has 4 rings (SSSR count). The smallest absolute Gasteiger partial charge is 0.449 e. The second-order valence-corrected chi connectivity index (χ2v) is 6.19. The number of ether oxygens (including phenoxy) is 1. The van der Waals surface area contributed by atoms with E-state index in [0.29, 0.717) is 5.56 Å². The lowest BCUT2D eigenvalue weighted by molar-refractivity contribution is -0.151. The van der Waals surface area contributed by atoms with Crippen molar-refractivity contribution >= 4 is 17.0 Å². The van der Waals surface area contributed by atoms with Gasteiger partial charge in [0, 0.05) is 5.56 Å². The zero-order chi connectivity index (χ0) is 21.3. The molecule has 0 aliphatic carbocycles. The van der Waals surface area contributed by atoms with E-state index in [1.807, 2.05) is 0 Å². The zero-order valence-electron chi connectivity index (χ0n) is 15.1. The number of carbonyl (C=O) groups excluding carboxylic acids is 1. The third-order valence-corrected chi connectivity index (χ3v) is 4.12. The summed E-state index contributed by atoms with van der Waals surface area (Å²) >= 11 is 0. The number of benzene rings is 2. The van der Waals surface area contributed by atoms with Gasteiger partial charge in [0.25, 0.3) is 5.89 Å². The summed E-state index contributed by atoms with van der Waals surface area (Å²) in [7, 11) is 0. The molecule has 154 valence electrons. The maximum atomic E-state index is 13.3. The van der Waals surface area contributed by atoms with Gasteiger partial charge in [-0.2, -0.15) is 18.2 Å². The third kappa shape index (κ3) is 4.00. The van der Waals surface area contributed by atoms with Gasteiger partial charge in [0.1, 0.15) is 12.4 Å². The summed E-state index contributed by atoms with van der Waals surface area (Å²) in [4.78, 5) is 19.7. The molecule has 0 bridgehead atoms. The summed E-state index contributed by atoms with van der Waals surface area (Å²) in [6.45, 7) is -1.13. The molecule has 0 radical (unpaired) electrons. The highest BCUT2D eigenvalue weighted by Gasteiger charge is 2.38. The Morgan fingerprint density at radius 3 is 2.53 bits per heavy atom. The second kappa shape index (κ2) is 7.58. The van der Waals surface area contributed by atoms with Gasteiger partial charge in [0.15, 0.2) is 6.61 Å². The van der Waals surface area contributed by atoms with Crippen molar-refractivity contribution in [2.24, 2.45) is 0 Å². The monoisotopic (exact) mass is 420 g/mol. The molecule has 2 aromatic heterocycles. The van der Waals surface area contributed by atoms with Gasteiger partial charge in [0.2, 0.25) is 11.6 Å². The number of carbonyl (C=O) groups is 1. The fourth-order valence-corrected chi connectivity index (χ4v) is 2.80. The van der Waals surface area contributed by atoms with Gasteiger partial charge in [-0.25, -0.2) is 9.37 Å². The first-order valence-electron chi connectivity index (χ1n) is 8.58. The molecule has 0 spiro atoms. The van der Waals surface area contributed by atoms with Crippen LogP contribution in [0.5, 0.6) is 0 Å². The SMILES string of the molecule is O=C(Cn1c(C(F)(F)F)nc2ccccc21)OCc1nc(-c2ccc(F)cc2)no1. The van der Waals surface area contributed by atoms with E-state index in [1.54, 1.807) is 12.1 Å². The predicted molar refractivity (Wildman–Crippen MR) is 94.2 cm³/mol. The van der Waals surface area contributed by atoms with E-state index in [0.717, 1.165) is 4.57 Å². The number of fused-ring (bicyclic) bond motifs is 1. The standard InChI is InChI=1S/C19H12F4N4O3/c20-12-7-5-11(6-8-12)17-25-15(30-26-17)10-29-16(28)9-27-14-4-2-1-3-13(14)24-18(27)19(21,22)23/h1-8H,9-10H2. The van der Waals surface area contributed by atoms with Crippen LogP contribution >= 0.6 is 0 Å². The highest BCUT2D eigenvalue weighted by Crippen LogP contribution is 2.31. The summed E-state index contributed by atoms with van der Waals surface area (Å²) in [5.41, 5.74) is 0.744. The number of hydrogen-bond donors (Lipinski definition) is 0. The van der Waals surface area contributed by atoms with Crippen LogP contribution in [0.2, 0.25) is 0 Å². The highest BCUT2D eigenvalue weighted by molar-refractivity contribution is 5.79. The number of para-hydroxylation sites is 2. The van der Waals surface area contributed by atoms with Gasteiger partial charge < -0.3 is 13.8 Å². The first-order valence-corrected chi connectivity index (χ1v) is 8.58. The minimum atomic E-state index is -4.74. The van der Waals surface area contributed by atoms with Crippen molar-refractivity contribution in [3.63, 3.8) is 0 Å². The van der Waals surface area contributed by atoms with Crippen LogP contribution in [0.15, 0.2) is 53.1 Å². The lowest BCUT2D eigenvalue weighted by Gasteiger charge is -2.10. The normalized spacial score (nSPS) is 11.7. The fraction of sp³-hybridized carbons (Fsp3) is 0.158. The predicted octanol–water partition coefficient (Wildman–Crippen LogP) is 3.99. The van der Waals surface area contributed by atoms with Crippen molar-refractivity contribution in [2.45, 2.75) is 19.3 Å². The van der Waals surface area contributed by atoms with E-state index in [4.69, 9.17) is 9.26 Å². The molecule has 0 N–H and O–H groups in total. The average Bonchev–Trinajstić information content (AvgIpc) is 3.32. The molecule has 0 unspecified atom stereocenters. The summed E-state index contributed by atoms with van der Waals surface area (Å²) < 4.78 is 63.5. The molecular formula is C19H12F4N4O3. The molecule has 0 aliphatic rings. The number of esters is 1. The van der Waals surface area contributed by atoms with Gasteiger partial charge in [-0.1, -0.05) is 17.3 Å². The molecule has 0 atom stereocenters. The van der Waals surface area contributed by atoms with Crippen LogP contribution in [0.25, 0.3) is 22.4 Å². The van der Waals surface area contributed by atoms with E-state index < -0.39 is 36.9 Å². The Morgan fingerprint density at radius 2 is 1.80 bits per heavy atom. The molecular weight excluding hydrogens is 408 g/mol. The molecule has 11 heteroatoms. The first-order chi connectivity index (χ1) is 14.3. The fourth-order valence-electron chi connectivity index (χ4n) is 2.80. The molecule has 2 heterocycles. The Balaban J connectivity index is 1.47. The Morgan fingerprint density at radius 1 is 1.07 bits per heavy atom. The van der Waals surface area contributed by atoms with Crippen molar-refractivity contribution in [3.05, 3.63) is 66.1 Å². The third-order valence-electron chi connectivity index (χ3n) is 4.12. The molecule has 0 aliphatic heterocycles. The zero-order valence-corrected chi connectivity index (χ0v) is 15.1. The van der Waals surface area contributed by atoms with Gasteiger partial charge in [-0.15, -0.1) is 0 Å². The molecule has 0 fully saturated rings. The number of hydrogen-bond acceptors (Lipinski definition) is 6. The van der Waals surface area contributed by atoms with Crippen molar-refractivity contribution in [3.8, 4) is 11.4 Å². The Bertz CT molecular complexity index is 1200.